The van der Waals surface area contributed by atoms with Crippen LogP contribution in [0.15, 0.2) is 59.8 Å². The second-order valence-corrected chi connectivity index (χ2v) is 8.31. The zero-order valence-corrected chi connectivity index (χ0v) is 15.4. The first-order valence-corrected chi connectivity index (χ1v) is 10.1. The van der Waals surface area contributed by atoms with E-state index in [1.807, 2.05) is 0 Å². The van der Waals surface area contributed by atoms with E-state index in [1.165, 1.54) is 53.5 Å². The number of amides is 1. The minimum Gasteiger partial charge on any atom is -0.273 e. The highest BCUT2D eigenvalue weighted by atomic mass is 32.2. The molecule has 4 rings (SSSR count). The maximum Gasteiger partial charge on any atom is 0.264 e. The summed E-state index contributed by atoms with van der Waals surface area (Å²) in [5, 5.41) is 10.8. The number of benzene rings is 2. The molecular formula is C18H16FN5O3S. The van der Waals surface area contributed by atoms with Crippen molar-refractivity contribution in [2.45, 2.75) is 29.6 Å². The molecule has 1 heterocycles. The summed E-state index contributed by atoms with van der Waals surface area (Å²) in [7, 11) is -4.10. The standard InChI is InChI=1S/C18H16FN5O3S/c19-14-7-5-13(6-8-14)18(9-2-10-18)17(25)21-28(26,27)16-4-1-3-15(11-16)24-12-20-22-23-24/h1,3-8,11-12H,2,9-10H2,(H,21,25). The molecule has 0 bridgehead atoms. The first kappa shape index (κ1) is 18.2. The number of sulfonamides is 1. The van der Waals surface area contributed by atoms with Crippen LogP contribution in [0.2, 0.25) is 0 Å². The Kier molecular flexibility index (Phi) is 4.42. The number of hydrogen-bond acceptors (Lipinski definition) is 6. The average Bonchev–Trinajstić information content (AvgIpc) is 3.17. The summed E-state index contributed by atoms with van der Waals surface area (Å²) in [6.07, 6.45) is 3.14. The summed E-state index contributed by atoms with van der Waals surface area (Å²) >= 11 is 0. The predicted octanol–water partition coefficient (Wildman–Crippen LogP) is 1.73. The van der Waals surface area contributed by atoms with Crippen molar-refractivity contribution in [3.63, 3.8) is 0 Å². The number of nitrogens with zero attached hydrogens (tertiary/aromatic N) is 4. The molecule has 8 nitrogen and oxygen atoms in total. The molecule has 0 aliphatic heterocycles. The number of halogens is 1. The van der Waals surface area contributed by atoms with E-state index in [0.717, 1.165) is 6.42 Å². The fraction of sp³-hybridized carbons (Fsp3) is 0.222. The summed E-state index contributed by atoms with van der Waals surface area (Å²) in [5.74, 6) is -1.02. The molecule has 3 aromatic rings. The Balaban J connectivity index is 1.62. The van der Waals surface area contributed by atoms with E-state index in [1.54, 1.807) is 6.07 Å². The van der Waals surface area contributed by atoms with Gasteiger partial charge in [-0.1, -0.05) is 24.6 Å². The van der Waals surface area contributed by atoms with Gasteiger partial charge >= 0.3 is 0 Å². The van der Waals surface area contributed by atoms with E-state index in [2.05, 4.69) is 20.2 Å². The number of hydrogen-bond donors (Lipinski definition) is 1. The third-order valence-corrected chi connectivity index (χ3v) is 6.34. The highest BCUT2D eigenvalue weighted by Crippen LogP contribution is 2.44. The number of rotatable bonds is 5. The van der Waals surface area contributed by atoms with Gasteiger partial charge in [0, 0.05) is 0 Å². The molecule has 1 saturated carbocycles. The summed E-state index contributed by atoms with van der Waals surface area (Å²) < 4.78 is 42.3. The second-order valence-electron chi connectivity index (χ2n) is 6.63. The fourth-order valence-electron chi connectivity index (χ4n) is 3.30. The Morgan fingerprint density at radius 1 is 1.14 bits per heavy atom. The van der Waals surface area contributed by atoms with Gasteiger partial charge in [-0.3, -0.25) is 4.79 Å². The molecule has 0 spiro atoms. The van der Waals surface area contributed by atoms with Crippen LogP contribution in [0, 0.1) is 5.82 Å². The molecular weight excluding hydrogens is 385 g/mol. The predicted molar refractivity (Wildman–Crippen MR) is 96.4 cm³/mol. The molecule has 2 aromatic carbocycles. The van der Waals surface area contributed by atoms with Crippen molar-refractivity contribution in [3.8, 4) is 5.69 Å². The van der Waals surface area contributed by atoms with Crippen molar-refractivity contribution in [1.82, 2.24) is 24.9 Å². The van der Waals surface area contributed by atoms with Gasteiger partial charge in [-0.15, -0.1) is 5.10 Å². The molecule has 1 aliphatic carbocycles. The minimum absolute atomic E-state index is 0.0811. The zero-order valence-electron chi connectivity index (χ0n) is 14.6. The molecule has 0 atom stereocenters. The quantitative estimate of drug-likeness (QED) is 0.698. The second kappa shape index (κ2) is 6.79. The molecule has 1 N–H and O–H groups in total. The largest absolute Gasteiger partial charge is 0.273 e. The topological polar surface area (TPSA) is 107 Å². The summed E-state index contributed by atoms with van der Waals surface area (Å²) in [4.78, 5) is 12.8. The Bertz CT molecular complexity index is 1110. The van der Waals surface area contributed by atoms with Crippen molar-refractivity contribution in [2.24, 2.45) is 0 Å². The maximum atomic E-state index is 13.2. The van der Waals surface area contributed by atoms with E-state index in [4.69, 9.17) is 0 Å². The van der Waals surface area contributed by atoms with Crippen molar-refractivity contribution < 1.29 is 17.6 Å². The Hall–Kier alpha value is -3.14. The van der Waals surface area contributed by atoms with Crippen LogP contribution in [0.5, 0.6) is 0 Å². The number of nitrogens with one attached hydrogen (secondary N) is 1. The lowest BCUT2D eigenvalue weighted by Gasteiger charge is -2.40. The first-order valence-electron chi connectivity index (χ1n) is 8.57. The molecule has 1 aromatic heterocycles. The molecule has 0 saturated heterocycles. The van der Waals surface area contributed by atoms with E-state index in [-0.39, 0.29) is 4.90 Å². The van der Waals surface area contributed by atoms with Gasteiger partial charge in [0.2, 0.25) is 5.91 Å². The van der Waals surface area contributed by atoms with Crippen molar-refractivity contribution in [3.05, 3.63) is 66.2 Å². The van der Waals surface area contributed by atoms with Crippen molar-refractivity contribution in [2.75, 3.05) is 0 Å². The monoisotopic (exact) mass is 401 g/mol. The van der Waals surface area contributed by atoms with Crippen LogP contribution in [0.3, 0.4) is 0 Å². The Morgan fingerprint density at radius 2 is 1.89 bits per heavy atom. The number of carbonyl (C=O) groups is 1. The summed E-state index contributed by atoms with van der Waals surface area (Å²) in [5.41, 5.74) is 0.0845. The SMILES string of the molecule is O=C(NS(=O)(=O)c1cccc(-n2cnnn2)c1)C1(c2ccc(F)cc2)CCC1. The zero-order chi connectivity index (χ0) is 19.8. The highest BCUT2D eigenvalue weighted by Gasteiger charge is 2.47. The molecule has 1 fully saturated rings. The van der Waals surface area contributed by atoms with Gasteiger partial charge in [0.25, 0.3) is 10.0 Å². The van der Waals surface area contributed by atoms with Gasteiger partial charge in [0.05, 0.1) is 16.0 Å². The third-order valence-electron chi connectivity index (χ3n) is 5.01. The molecule has 1 amide bonds. The highest BCUT2D eigenvalue weighted by molar-refractivity contribution is 7.90. The van der Waals surface area contributed by atoms with E-state index < -0.39 is 27.2 Å². The van der Waals surface area contributed by atoms with E-state index in [9.17, 15) is 17.6 Å². The van der Waals surface area contributed by atoms with Crippen molar-refractivity contribution in [1.29, 1.82) is 0 Å². The lowest BCUT2D eigenvalue weighted by molar-refractivity contribution is -0.128. The fourth-order valence-corrected chi connectivity index (χ4v) is 4.39. The van der Waals surface area contributed by atoms with Gasteiger partial charge in [0.1, 0.15) is 12.1 Å². The van der Waals surface area contributed by atoms with Crippen molar-refractivity contribution >= 4 is 15.9 Å². The van der Waals surface area contributed by atoms with Crippen LogP contribution in [0.25, 0.3) is 5.69 Å². The maximum absolute atomic E-state index is 13.2. The molecule has 10 heteroatoms. The van der Waals surface area contributed by atoms with Crippen LogP contribution in [0.4, 0.5) is 4.39 Å². The Morgan fingerprint density at radius 3 is 2.50 bits per heavy atom. The van der Waals surface area contributed by atoms with Gasteiger partial charge in [-0.05, 0) is 59.2 Å². The molecule has 1 aliphatic rings. The molecule has 28 heavy (non-hydrogen) atoms. The smallest absolute Gasteiger partial charge is 0.264 e. The normalized spacial score (nSPS) is 15.6. The van der Waals surface area contributed by atoms with Crippen LogP contribution in [-0.4, -0.2) is 34.5 Å². The van der Waals surface area contributed by atoms with E-state index in [0.29, 0.717) is 24.1 Å². The van der Waals surface area contributed by atoms with Gasteiger partial charge in [-0.25, -0.2) is 22.2 Å². The molecule has 0 unspecified atom stereocenters. The summed E-state index contributed by atoms with van der Waals surface area (Å²) in [6.45, 7) is 0. The van der Waals surface area contributed by atoms with Crippen LogP contribution < -0.4 is 4.72 Å². The lowest BCUT2D eigenvalue weighted by atomic mass is 9.64. The Labute approximate surface area is 160 Å². The lowest BCUT2D eigenvalue weighted by Crippen LogP contribution is -2.50. The number of tetrazole rings is 1. The summed E-state index contributed by atoms with van der Waals surface area (Å²) in [6, 6.07) is 11.5. The van der Waals surface area contributed by atoms with Gasteiger partial charge < -0.3 is 0 Å². The van der Waals surface area contributed by atoms with Crippen LogP contribution in [0.1, 0.15) is 24.8 Å². The third kappa shape index (κ3) is 3.15. The van der Waals surface area contributed by atoms with Crippen LogP contribution >= 0.6 is 0 Å². The average molecular weight is 401 g/mol. The molecule has 144 valence electrons. The minimum atomic E-state index is -4.10. The van der Waals surface area contributed by atoms with E-state index >= 15 is 0 Å². The number of aromatic nitrogens is 4. The molecule has 0 radical (unpaired) electrons. The number of carbonyl (C=O) groups excluding carboxylic acids is 1. The van der Waals surface area contributed by atoms with Gasteiger partial charge in [0.15, 0.2) is 0 Å². The van der Waals surface area contributed by atoms with Crippen LogP contribution in [-0.2, 0) is 20.2 Å². The van der Waals surface area contributed by atoms with Gasteiger partial charge in [-0.2, -0.15) is 0 Å². The first-order chi connectivity index (χ1) is 13.4.